The van der Waals surface area contributed by atoms with Crippen molar-refractivity contribution in [2.75, 3.05) is 13.1 Å². The second-order valence-corrected chi connectivity index (χ2v) is 5.72. The van der Waals surface area contributed by atoms with E-state index in [9.17, 15) is 0 Å². The minimum atomic E-state index is 0.829. The lowest BCUT2D eigenvalue weighted by Gasteiger charge is -2.42. The highest BCUT2D eigenvalue weighted by Gasteiger charge is 2.51. The zero-order valence-electron chi connectivity index (χ0n) is 9.30. The summed E-state index contributed by atoms with van der Waals surface area (Å²) < 4.78 is 0. The fourth-order valence-corrected chi connectivity index (χ4v) is 3.83. The first-order valence-electron chi connectivity index (χ1n) is 6.65. The summed E-state index contributed by atoms with van der Waals surface area (Å²) in [5.74, 6) is 0. The molecule has 2 aliphatic carbocycles. The molecule has 80 valence electrons. The topological polar surface area (TPSA) is 3.24 Å². The van der Waals surface area contributed by atoms with E-state index in [0.717, 1.165) is 11.5 Å². The van der Waals surface area contributed by atoms with Gasteiger partial charge in [0.1, 0.15) is 0 Å². The molecule has 3 fully saturated rings. The third-order valence-electron chi connectivity index (χ3n) is 4.83. The van der Waals surface area contributed by atoms with Crippen LogP contribution >= 0.6 is 0 Å². The maximum Gasteiger partial charge on any atom is 0.0152 e. The Balaban J connectivity index is 1.69. The van der Waals surface area contributed by atoms with E-state index in [1.165, 1.54) is 51.6 Å². The zero-order chi connectivity index (χ0) is 9.43. The summed E-state index contributed by atoms with van der Waals surface area (Å²) in [5, 5.41) is 0. The molecule has 0 aromatic rings. The summed E-state index contributed by atoms with van der Waals surface area (Å²) in [5.41, 5.74) is 0.829. The Morgan fingerprint density at radius 2 is 1.57 bits per heavy atom. The zero-order valence-corrected chi connectivity index (χ0v) is 9.30. The van der Waals surface area contributed by atoms with E-state index in [4.69, 9.17) is 0 Å². The van der Waals surface area contributed by atoms with Crippen LogP contribution in [0.4, 0.5) is 0 Å². The molecule has 3 rings (SSSR count). The average Bonchev–Trinajstić information content (AvgIpc) is 3.01. The molecule has 0 N–H and O–H groups in total. The Morgan fingerprint density at radius 3 is 2.29 bits per heavy atom. The quantitative estimate of drug-likeness (QED) is 0.618. The molecule has 0 amide bonds. The molecule has 0 radical (unpaired) electrons. The Morgan fingerprint density at radius 1 is 0.786 bits per heavy atom. The predicted octanol–water partition coefficient (Wildman–Crippen LogP) is 3.20. The van der Waals surface area contributed by atoms with Gasteiger partial charge in [0, 0.05) is 6.04 Å². The van der Waals surface area contributed by atoms with Crippen molar-refractivity contribution in [3.8, 4) is 0 Å². The minimum Gasteiger partial charge on any atom is -0.300 e. The van der Waals surface area contributed by atoms with Crippen LogP contribution in [-0.4, -0.2) is 24.0 Å². The summed E-state index contributed by atoms with van der Waals surface area (Å²) in [4.78, 5) is 2.84. The van der Waals surface area contributed by atoms with Crippen molar-refractivity contribution in [3.63, 3.8) is 0 Å². The smallest absolute Gasteiger partial charge is 0.0152 e. The first-order chi connectivity index (χ1) is 6.91. The van der Waals surface area contributed by atoms with Crippen LogP contribution in [0.25, 0.3) is 0 Å². The molecule has 0 aromatic carbocycles. The highest BCUT2D eigenvalue weighted by Crippen LogP contribution is 2.58. The molecule has 1 aliphatic heterocycles. The van der Waals surface area contributed by atoms with E-state index >= 15 is 0 Å². The maximum absolute atomic E-state index is 2.84. The lowest BCUT2D eigenvalue weighted by Crippen LogP contribution is -2.46. The molecular weight excluding hydrogens is 170 g/mol. The summed E-state index contributed by atoms with van der Waals surface area (Å²) in [6, 6.07) is 0.997. The van der Waals surface area contributed by atoms with E-state index in [0.29, 0.717) is 0 Å². The van der Waals surface area contributed by atoms with Gasteiger partial charge in [0.2, 0.25) is 0 Å². The van der Waals surface area contributed by atoms with Gasteiger partial charge in [0.25, 0.3) is 0 Å². The highest BCUT2D eigenvalue weighted by molar-refractivity contribution is 5.05. The van der Waals surface area contributed by atoms with Crippen LogP contribution < -0.4 is 0 Å². The number of piperidine rings is 1. The van der Waals surface area contributed by atoms with Crippen LogP contribution in [0.3, 0.4) is 0 Å². The van der Waals surface area contributed by atoms with Crippen LogP contribution in [0.1, 0.15) is 57.8 Å². The van der Waals surface area contributed by atoms with Gasteiger partial charge in [0.15, 0.2) is 0 Å². The molecule has 2 saturated carbocycles. The van der Waals surface area contributed by atoms with Gasteiger partial charge < -0.3 is 0 Å². The molecule has 1 spiro atoms. The molecule has 3 aliphatic rings. The summed E-state index contributed by atoms with van der Waals surface area (Å²) in [6.45, 7) is 2.82. The van der Waals surface area contributed by atoms with Crippen LogP contribution in [0.5, 0.6) is 0 Å². The molecule has 1 saturated heterocycles. The van der Waals surface area contributed by atoms with Gasteiger partial charge in [0.05, 0.1) is 0 Å². The predicted molar refractivity (Wildman–Crippen MR) is 59.3 cm³/mol. The lowest BCUT2D eigenvalue weighted by atomic mass is 9.80. The van der Waals surface area contributed by atoms with E-state index < -0.39 is 0 Å². The van der Waals surface area contributed by atoms with Gasteiger partial charge in [-0.05, 0) is 57.0 Å². The normalized spacial score (nSPS) is 37.3. The number of hydrogen-bond donors (Lipinski definition) is 0. The van der Waals surface area contributed by atoms with Crippen molar-refractivity contribution < 1.29 is 0 Å². The average molecular weight is 193 g/mol. The van der Waals surface area contributed by atoms with Gasteiger partial charge >= 0.3 is 0 Å². The molecule has 0 aromatic heterocycles. The summed E-state index contributed by atoms with van der Waals surface area (Å²) in [7, 11) is 0. The molecular formula is C13H23N. The van der Waals surface area contributed by atoms with Crippen molar-refractivity contribution >= 4 is 0 Å². The number of likely N-dealkylation sites (tertiary alicyclic amines) is 1. The molecule has 1 unspecified atom stereocenters. The van der Waals surface area contributed by atoms with Gasteiger partial charge in [-0.1, -0.05) is 19.3 Å². The number of nitrogens with zero attached hydrogens (tertiary/aromatic N) is 1. The van der Waals surface area contributed by atoms with Crippen molar-refractivity contribution in [2.45, 2.75) is 63.8 Å². The second-order valence-electron chi connectivity index (χ2n) is 5.72. The Bertz CT molecular complexity index is 201. The fourth-order valence-electron chi connectivity index (χ4n) is 3.83. The molecule has 1 atom stereocenters. The molecule has 1 heterocycles. The van der Waals surface area contributed by atoms with E-state index in [2.05, 4.69) is 4.90 Å². The summed E-state index contributed by atoms with van der Waals surface area (Å²) in [6.07, 6.45) is 13.6. The van der Waals surface area contributed by atoms with Crippen LogP contribution in [-0.2, 0) is 0 Å². The van der Waals surface area contributed by atoms with E-state index in [1.54, 1.807) is 19.3 Å². The van der Waals surface area contributed by atoms with Crippen molar-refractivity contribution in [3.05, 3.63) is 0 Å². The van der Waals surface area contributed by atoms with Crippen LogP contribution in [0.15, 0.2) is 0 Å². The Labute approximate surface area is 87.9 Å². The van der Waals surface area contributed by atoms with Crippen molar-refractivity contribution in [1.82, 2.24) is 4.90 Å². The third kappa shape index (κ3) is 1.50. The third-order valence-corrected chi connectivity index (χ3v) is 4.83. The lowest BCUT2D eigenvalue weighted by molar-refractivity contribution is 0.0721. The minimum absolute atomic E-state index is 0.829. The van der Waals surface area contributed by atoms with Gasteiger partial charge in [-0.25, -0.2) is 0 Å². The number of rotatable bonds is 1. The van der Waals surface area contributed by atoms with E-state index in [-0.39, 0.29) is 0 Å². The molecule has 14 heavy (non-hydrogen) atoms. The van der Waals surface area contributed by atoms with Gasteiger partial charge in [-0.2, -0.15) is 0 Å². The Kier molecular flexibility index (Phi) is 2.31. The summed E-state index contributed by atoms with van der Waals surface area (Å²) >= 11 is 0. The largest absolute Gasteiger partial charge is 0.300 e. The van der Waals surface area contributed by atoms with Gasteiger partial charge in [-0.15, -0.1) is 0 Å². The van der Waals surface area contributed by atoms with Gasteiger partial charge in [-0.3, -0.25) is 4.90 Å². The molecule has 1 nitrogen and oxygen atoms in total. The van der Waals surface area contributed by atoms with Crippen molar-refractivity contribution in [2.24, 2.45) is 5.41 Å². The highest BCUT2D eigenvalue weighted by atomic mass is 15.2. The fraction of sp³-hybridized carbons (Fsp3) is 1.00. The maximum atomic E-state index is 2.84. The first-order valence-corrected chi connectivity index (χ1v) is 6.65. The van der Waals surface area contributed by atoms with E-state index in [1.807, 2.05) is 0 Å². The first kappa shape index (κ1) is 9.21. The number of hydrogen-bond acceptors (Lipinski definition) is 1. The molecule has 1 heteroatoms. The van der Waals surface area contributed by atoms with Crippen molar-refractivity contribution in [1.29, 1.82) is 0 Å². The van der Waals surface area contributed by atoms with Crippen LogP contribution in [0, 0.1) is 5.41 Å². The van der Waals surface area contributed by atoms with Crippen LogP contribution in [0.2, 0.25) is 0 Å². The second kappa shape index (κ2) is 3.52. The monoisotopic (exact) mass is 193 g/mol. The molecule has 0 bridgehead atoms. The SMILES string of the molecule is C1CCN(C2CCCCC23CC3)CC1. The standard InChI is InChI=1S/C13H23N/c1-4-10-14(11-5-1)12-6-2-3-7-13(12)8-9-13/h12H,1-11H2. The Hall–Kier alpha value is -0.0400.